The minimum Gasteiger partial charge on any atom is -0.303 e. The Morgan fingerprint density at radius 1 is 0.900 bits per heavy atom. The van der Waals surface area contributed by atoms with Crippen molar-refractivity contribution in [1.82, 2.24) is 9.80 Å². The van der Waals surface area contributed by atoms with E-state index in [1.807, 2.05) is 0 Å². The van der Waals surface area contributed by atoms with Crippen LogP contribution in [0.25, 0.3) is 0 Å². The Kier molecular flexibility index (Phi) is 5.11. The minimum atomic E-state index is 0.373. The summed E-state index contributed by atoms with van der Waals surface area (Å²) in [5.41, 5.74) is 0. The van der Waals surface area contributed by atoms with Crippen molar-refractivity contribution < 1.29 is 4.79 Å². The van der Waals surface area contributed by atoms with Gasteiger partial charge in [0.1, 0.15) is 5.78 Å². The fourth-order valence-corrected chi connectivity index (χ4v) is 4.51. The van der Waals surface area contributed by atoms with E-state index >= 15 is 0 Å². The Labute approximate surface area is 123 Å². The molecular weight excluding hydrogens is 248 g/mol. The molecule has 0 N–H and O–H groups in total. The van der Waals surface area contributed by atoms with Crippen LogP contribution in [0.15, 0.2) is 0 Å². The summed E-state index contributed by atoms with van der Waals surface area (Å²) < 4.78 is 0. The number of hydrogen-bond acceptors (Lipinski definition) is 3. The molecule has 2 unspecified atom stereocenters. The maximum atomic E-state index is 12.2. The zero-order valence-corrected chi connectivity index (χ0v) is 12.9. The largest absolute Gasteiger partial charge is 0.303 e. The molecule has 2 aliphatic heterocycles. The predicted molar refractivity (Wildman–Crippen MR) is 81.9 cm³/mol. The van der Waals surface area contributed by atoms with E-state index in [1.165, 1.54) is 71.2 Å². The second kappa shape index (κ2) is 7.04. The first-order valence-corrected chi connectivity index (χ1v) is 8.84. The summed E-state index contributed by atoms with van der Waals surface area (Å²) in [6.07, 6.45) is 11.1. The fourth-order valence-electron chi connectivity index (χ4n) is 4.51. The van der Waals surface area contributed by atoms with Gasteiger partial charge >= 0.3 is 0 Å². The van der Waals surface area contributed by atoms with E-state index in [-0.39, 0.29) is 0 Å². The summed E-state index contributed by atoms with van der Waals surface area (Å²) in [6, 6.07) is 0.585. The number of carbonyl (C=O) groups excluding carboxylic acids is 1. The van der Waals surface area contributed by atoms with Crippen LogP contribution < -0.4 is 0 Å². The summed E-state index contributed by atoms with van der Waals surface area (Å²) >= 11 is 0. The van der Waals surface area contributed by atoms with Crippen molar-refractivity contribution in [2.45, 2.75) is 63.8 Å². The Morgan fingerprint density at radius 3 is 2.55 bits per heavy atom. The van der Waals surface area contributed by atoms with Gasteiger partial charge in [0.2, 0.25) is 0 Å². The Balaban J connectivity index is 1.46. The first kappa shape index (κ1) is 14.5. The van der Waals surface area contributed by atoms with Crippen LogP contribution in [-0.2, 0) is 4.79 Å². The Morgan fingerprint density at radius 2 is 1.75 bits per heavy atom. The van der Waals surface area contributed by atoms with Gasteiger partial charge in [-0.05, 0) is 77.7 Å². The van der Waals surface area contributed by atoms with Gasteiger partial charge < -0.3 is 4.90 Å². The second-order valence-corrected chi connectivity index (χ2v) is 6.97. The van der Waals surface area contributed by atoms with Crippen molar-refractivity contribution in [2.24, 2.45) is 5.92 Å². The van der Waals surface area contributed by atoms with Crippen LogP contribution >= 0.6 is 0 Å². The van der Waals surface area contributed by atoms with E-state index in [9.17, 15) is 4.79 Å². The third-order valence-electron chi connectivity index (χ3n) is 5.60. The molecule has 0 bridgehead atoms. The fraction of sp³-hybridized carbons (Fsp3) is 0.941. The molecule has 2 saturated heterocycles. The topological polar surface area (TPSA) is 23.6 Å². The van der Waals surface area contributed by atoms with E-state index in [2.05, 4.69) is 9.80 Å². The standard InChI is InChI=1S/C17H30N2O/c20-17-9-2-1-7-15(17)16-8-5-13-19(16)14-6-12-18-10-3-4-11-18/h15-16H,1-14H2. The molecule has 1 saturated carbocycles. The molecule has 1 aliphatic carbocycles. The van der Waals surface area contributed by atoms with Crippen molar-refractivity contribution in [3.63, 3.8) is 0 Å². The van der Waals surface area contributed by atoms with Crippen LogP contribution in [0.1, 0.15) is 57.8 Å². The van der Waals surface area contributed by atoms with Gasteiger partial charge in [0, 0.05) is 18.4 Å². The van der Waals surface area contributed by atoms with E-state index in [1.54, 1.807) is 0 Å². The zero-order valence-electron chi connectivity index (χ0n) is 12.9. The van der Waals surface area contributed by atoms with Gasteiger partial charge in [0.05, 0.1) is 0 Å². The average Bonchev–Trinajstić information content (AvgIpc) is 3.11. The van der Waals surface area contributed by atoms with Crippen LogP contribution in [0, 0.1) is 5.92 Å². The second-order valence-electron chi connectivity index (χ2n) is 6.97. The number of likely N-dealkylation sites (tertiary alicyclic amines) is 2. The molecule has 0 radical (unpaired) electrons. The van der Waals surface area contributed by atoms with Gasteiger partial charge in [-0.1, -0.05) is 6.42 Å². The highest BCUT2D eigenvalue weighted by Crippen LogP contribution is 2.32. The van der Waals surface area contributed by atoms with Crippen LogP contribution in [0.5, 0.6) is 0 Å². The quantitative estimate of drug-likeness (QED) is 0.772. The monoisotopic (exact) mass is 278 g/mol. The third-order valence-corrected chi connectivity index (χ3v) is 5.60. The van der Waals surface area contributed by atoms with Crippen molar-refractivity contribution in [3.8, 4) is 0 Å². The molecule has 3 fully saturated rings. The first-order valence-electron chi connectivity index (χ1n) is 8.84. The molecule has 114 valence electrons. The minimum absolute atomic E-state index is 0.373. The first-order chi connectivity index (χ1) is 9.84. The molecule has 0 aromatic carbocycles. The van der Waals surface area contributed by atoms with Crippen LogP contribution in [0.2, 0.25) is 0 Å². The van der Waals surface area contributed by atoms with Crippen LogP contribution in [-0.4, -0.2) is 54.3 Å². The molecular formula is C17H30N2O. The van der Waals surface area contributed by atoms with E-state index in [0.29, 0.717) is 17.7 Å². The molecule has 3 rings (SSSR count). The maximum absolute atomic E-state index is 12.2. The number of ketones is 1. The third kappa shape index (κ3) is 3.43. The van der Waals surface area contributed by atoms with Gasteiger partial charge in [-0.2, -0.15) is 0 Å². The van der Waals surface area contributed by atoms with E-state index in [4.69, 9.17) is 0 Å². The highest BCUT2D eigenvalue weighted by Gasteiger charge is 2.36. The number of hydrogen-bond donors (Lipinski definition) is 0. The summed E-state index contributed by atoms with van der Waals surface area (Å²) in [7, 11) is 0. The molecule has 0 aromatic heterocycles. The molecule has 3 aliphatic rings. The van der Waals surface area contributed by atoms with Gasteiger partial charge in [0.15, 0.2) is 0 Å². The molecule has 2 atom stereocenters. The van der Waals surface area contributed by atoms with Crippen molar-refractivity contribution in [2.75, 3.05) is 32.7 Å². The molecule has 20 heavy (non-hydrogen) atoms. The van der Waals surface area contributed by atoms with E-state index in [0.717, 1.165) is 19.3 Å². The lowest BCUT2D eigenvalue weighted by Gasteiger charge is -2.33. The summed E-state index contributed by atoms with van der Waals surface area (Å²) in [5.74, 6) is 0.936. The smallest absolute Gasteiger partial charge is 0.137 e. The van der Waals surface area contributed by atoms with Gasteiger partial charge in [-0.25, -0.2) is 0 Å². The molecule has 0 amide bonds. The lowest BCUT2D eigenvalue weighted by Crippen LogP contribution is -2.41. The number of Topliss-reactive ketones (excluding diaryl/α,β-unsaturated/α-hetero) is 1. The van der Waals surface area contributed by atoms with Crippen LogP contribution in [0.3, 0.4) is 0 Å². The molecule has 0 spiro atoms. The molecule has 2 heterocycles. The number of nitrogens with zero attached hydrogens (tertiary/aromatic N) is 2. The summed E-state index contributed by atoms with van der Waals surface area (Å²) in [6.45, 7) is 6.33. The highest BCUT2D eigenvalue weighted by molar-refractivity contribution is 5.82. The number of carbonyl (C=O) groups is 1. The Hall–Kier alpha value is -0.410. The van der Waals surface area contributed by atoms with Crippen molar-refractivity contribution in [3.05, 3.63) is 0 Å². The molecule has 3 nitrogen and oxygen atoms in total. The highest BCUT2D eigenvalue weighted by atomic mass is 16.1. The predicted octanol–water partition coefficient (Wildman–Crippen LogP) is 2.70. The number of rotatable bonds is 5. The SMILES string of the molecule is O=C1CCCCC1C1CCCN1CCCN1CCCC1. The zero-order chi connectivity index (χ0) is 13.8. The van der Waals surface area contributed by atoms with E-state index < -0.39 is 0 Å². The van der Waals surface area contributed by atoms with Gasteiger partial charge in [-0.3, -0.25) is 9.69 Å². The average molecular weight is 278 g/mol. The molecule has 3 heteroatoms. The summed E-state index contributed by atoms with van der Waals surface area (Å²) in [4.78, 5) is 17.4. The lowest BCUT2D eigenvalue weighted by molar-refractivity contribution is -0.126. The Bertz CT molecular complexity index is 325. The molecule has 0 aromatic rings. The van der Waals surface area contributed by atoms with Crippen molar-refractivity contribution >= 4 is 5.78 Å². The van der Waals surface area contributed by atoms with Gasteiger partial charge in [0.25, 0.3) is 0 Å². The maximum Gasteiger partial charge on any atom is 0.137 e. The van der Waals surface area contributed by atoms with Crippen LogP contribution in [0.4, 0.5) is 0 Å². The van der Waals surface area contributed by atoms with Crippen molar-refractivity contribution in [1.29, 1.82) is 0 Å². The van der Waals surface area contributed by atoms with Gasteiger partial charge in [-0.15, -0.1) is 0 Å². The lowest BCUT2D eigenvalue weighted by atomic mass is 9.82. The normalized spacial score (nSPS) is 33.1. The summed E-state index contributed by atoms with van der Waals surface area (Å²) in [5, 5.41) is 0.